The quantitative estimate of drug-likeness (QED) is 0.631. The van der Waals surface area contributed by atoms with Gasteiger partial charge in [0.15, 0.2) is 0 Å². The lowest BCUT2D eigenvalue weighted by molar-refractivity contribution is -0.384. The van der Waals surface area contributed by atoms with E-state index < -0.39 is 0 Å². The van der Waals surface area contributed by atoms with Gasteiger partial charge in [0.2, 0.25) is 0 Å². The molecule has 0 fully saturated rings. The number of thiophene rings is 1. The summed E-state index contributed by atoms with van der Waals surface area (Å²) in [7, 11) is 0. The average molecular weight is 290 g/mol. The number of rotatable bonds is 6. The molecule has 106 valence electrons. The minimum Gasteiger partial charge on any atom is -0.303 e. The lowest BCUT2D eigenvalue weighted by Crippen LogP contribution is -2.24. The van der Waals surface area contributed by atoms with Crippen molar-refractivity contribution in [2.75, 3.05) is 0 Å². The summed E-state index contributed by atoms with van der Waals surface area (Å²) in [5, 5.41) is 18.6. The molecule has 0 aliphatic rings. The molecule has 0 amide bonds. The molecule has 5 heteroatoms. The third kappa shape index (κ3) is 3.43. The fourth-order valence-corrected chi connectivity index (χ4v) is 2.98. The molecular formula is C15H18N2O2S. The Balaban J connectivity index is 2.15. The van der Waals surface area contributed by atoms with E-state index in [4.69, 9.17) is 0 Å². The summed E-state index contributed by atoms with van der Waals surface area (Å²) in [6.07, 6.45) is 0.885. The molecule has 1 N–H and O–H groups in total. The molecule has 1 heterocycles. The predicted octanol–water partition coefficient (Wildman–Crippen LogP) is 4.46. The van der Waals surface area contributed by atoms with Gasteiger partial charge in [0.25, 0.3) is 5.69 Å². The first-order chi connectivity index (χ1) is 9.61. The van der Waals surface area contributed by atoms with Gasteiger partial charge in [-0.25, -0.2) is 0 Å². The maximum atomic E-state index is 10.9. The second-order valence-electron chi connectivity index (χ2n) is 4.76. The molecule has 0 spiro atoms. The number of nitrogens with zero attached hydrogens (tertiary/aromatic N) is 1. The van der Waals surface area contributed by atoms with Crippen LogP contribution in [0.15, 0.2) is 41.1 Å². The molecule has 0 radical (unpaired) electrons. The third-order valence-electron chi connectivity index (χ3n) is 3.39. The Morgan fingerprint density at radius 1 is 1.35 bits per heavy atom. The highest BCUT2D eigenvalue weighted by Gasteiger charge is 2.16. The van der Waals surface area contributed by atoms with Gasteiger partial charge < -0.3 is 5.32 Å². The van der Waals surface area contributed by atoms with Crippen LogP contribution < -0.4 is 5.32 Å². The molecule has 20 heavy (non-hydrogen) atoms. The summed E-state index contributed by atoms with van der Waals surface area (Å²) in [6, 6.07) is 9.31. The number of hydrogen-bond acceptors (Lipinski definition) is 4. The second kappa shape index (κ2) is 6.63. The van der Waals surface area contributed by atoms with E-state index in [2.05, 4.69) is 36.0 Å². The number of non-ortho nitro benzene ring substituents is 1. The summed E-state index contributed by atoms with van der Waals surface area (Å²) in [5.41, 5.74) is 2.36. The number of hydrogen-bond donors (Lipinski definition) is 1. The van der Waals surface area contributed by atoms with Gasteiger partial charge in [-0.05, 0) is 41.3 Å². The molecule has 2 unspecified atom stereocenters. The molecule has 0 bridgehead atoms. The number of nitro benzene ring substituents is 1. The minimum absolute atomic E-state index is 0.116. The van der Waals surface area contributed by atoms with E-state index in [0.29, 0.717) is 0 Å². The largest absolute Gasteiger partial charge is 0.303 e. The van der Waals surface area contributed by atoms with Crippen molar-refractivity contribution in [1.29, 1.82) is 0 Å². The highest BCUT2D eigenvalue weighted by Crippen LogP contribution is 2.25. The molecule has 2 rings (SSSR count). The van der Waals surface area contributed by atoms with Crippen molar-refractivity contribution in [2.24, 2.45) is 0 Å². The summed E-state index contributed by atoms with van der Waals surface area (Å²) in [6.45, 7) is 4.19. The van der Waals surface area contributed by atoms with Crippen LogP contribution in [0, 0.1) is 10.1 Å². The smallest absolute Gasteiger partial charge is 0.269 e. The van der Waals surface area contributed by atoms with Crippen molar-refractivity contribution in [2.45, 2.75) is 32.4 Å². The van der Waals surface area contributed by atoms with E-state index in [-0.39, 0.29) is 22.7 Å². The highest BCUT2D eigenvalue weighted by atomic mass is 32.1. The zero-order valence-electron chi connectivity index (χ0n) is 11.6. The first kappa shape index (κ1) is 14.7. The molecule has 2 atom stereocenters. The molecule has 4 nitrogen and oxygen atoms in total. The summed E-state index contributed by atoms with van der Waals surface area (Å²) in [4.78, 5) is 10.5. The normalized spacial score (nSPS) is 13.9. The van der Waals surface area contributed by atoms with Crippen LogP contribution in [0.25, 0.3) is 0 Å². The van der Waals surface area contributed by atoms with E-state index >= 15 is 0 Å². The van der Waals surface area contributed by atoms with Crippen molar-refractivity contribution < 1.29 is 4.92 Å². The van der Waals surface area contributed by atoms with Crippen molar-refractivity contribution in [3.05, 3.63) is 62.3 Å². The van der Waals surface area contributed by atoms with Crippen LogP contribution in [0.3, 0.4) is 0 Å². The van der Waals surface area contributed by atoms with Crippen LogP contribution in [-0.4, -0.2) is 4.92 Å². The standard InChI is InChI=1S/C15H18N2O2S/c1-3-15(16-11(2)13-7-8-20-10-13)12-5-4-6-14(9-12)17(18)19/h4-11,15-16H,3H2,1-2H3. The Hall–Kier alpha value is -1.72. The van der Waals surface area contributed by atoms with E-state index in [0.717, 1.165) is 12.0 Å². The van der Waals surface area contributed by atoms with Crippen molar-refractivity contribution in [1.82, 2.24) is 5.32 Å². The van der Waals surface area contributed by atoms with Gasteiger partial charge in [-0.15, -0.1) is 0 Å². The lowest BCUT2D eigenvalue weighted by atomic mass is 10.0. The van der Waals surface area contributed by atoms with Gasteiger partial charge in [-0.3, -0.25) is 10.1 Å². The molecule has 0 saturated heterocycles. The Bertz CT molecular complexity index is 569. The zero-order chi connectivity index (χ0) is 14.5. The number of benzene rings is 1. The predicted molar refractivity (Wildman–Crippen MR) is 82.0 cm³/mol. The number of nitrogens with one attached hydrogen (secondary N) is 1. The molecule has 1 aromatic carbocycles. The van der Waals surface area contributed by atoms with Crippen molar-refractivity contribution >= 4 is 17.0 Å². The second-order valence-corrected chi connectivity index (χ2v) is 5.54. The fourth-order valence-electron chi connectivity index (χ4n) is 2.22. The Kier molecular flexibility index (Phi) is 4.87. The summed E-state index contributed by atoms with van der Waals surface area (Å²) >= 11 is 1.68. The maximum absolute atomic E-state index is 10.9. The lowest BCUT2D eigenvalue weighted by Gasteiger charge is -2.22. The third-order valence-corrected chi connectivity index (χ3v) is 4.09. The van der Waals surface area contributed by atoms with Gasteiger partial charge in [0.1, 0.15) is 0 Å². The van der Waals surface area contributed by atoms with Gasteiger partial charge in [-0.1, -0.05) is 19.1 Å². The van der Waals surface area contributed by atoms with Crippen LogP contribution >= 0.6 is 11.3 Å². The Morgan fingerprint density at radius 3 is 2.75 bits per heavy atom. The summed E-state index contributed by atoms with van der Waals surface area (Å²) in [5.74, 6) is 0. The number of nitro groups is 1. The summed E-state index contributed by atoms with van der Waals surface area (Å²) < 4.78 is 0. The van der Waals surface area contributed by atoms with E-state index in [1.54, 1.807) is 23.5 Å². The van der Waals surface area contributed by atoms with Crippen LogP contribution in [0.4, 0.5) is 5.69 Å². The van der Waals surface area contributed by atoms with Gasteiger partial charge in [-0.2, -0.15) is 11.3 Å². The average Bonchev–Trinajstić information content (AvgIpc) is 2.99. The van der Waals surface area contributed by atoms with Crippen LogP contribution in [-0.2, 0) is 0 Å². The molecular weight excluding hydrogens is 272 g/mol. The van der Waals surface area contributed by atoms with E-state index in [1.165, 1.54) is 11.6 Å². The molecule has 0 aliphatic carbocycles. The molecule has 0 saturated carbocycles. The van der Waals surface area contributed by atoms with Gasteiger partial charge in [0.05, 0.1) is 4.92 Å². The van der Waals surface area contributed by atoms with Crippen molar-refractivity contribution in [3.63, 3.8) is 0 Å². The SMILES string of the molecule is CCC(NC(C)c1ccsc1)c1cccc([N+](=O)[O-])c1. The van der Waals surface area contributed by atoms with E-state index in [1.807, 2.05) is 6.07 Å². The Labute approximate surface area is 122 Å². The molecule has 2 aromatic rings. The van der Waals surface area contributed by atoms with Crippen LogP contribution in [0.2, 0.25) is 0 Å². The maximum Gasteiger partial charge on any atom is 0.269 e. The molecule has 0 aliphatic heterocycles. The molecule has 1 aromatic heterocycles. The zero-order valence-corrected chi connectivity index (χ0v) is 12.4. The van der Waals surface area contributed by atoms with Gasteiger partial charge in [0, 0.05) is 24.2 Å². The topological polar surface area (TPSA) is 55.2 Å². The minimum atomic E-state index is -0.349. The van der Waals surface area contributed by atoms with Crippen LogP contribution in [0.1, 0.15) is 43.5 Å². The Morgan fingerprint density at radius 2 is 2.15 bits per heavy atom. The monoisotopic (exact) mass is 290 g/mol. The van der Waals surface area contributed by atoms with Crippen molar-refractivity contribution in [3.8, 4) is 0 Å². The first-order valence-corrected chi connectivity index (χ1v) is 7.58. The first-order valence-electron chi connectivity index (χ1n) is 6.64. The highest BCUT2D eigenvalue weighted by molar-refractivity contribution is 7.07. The van der Waals surface area contributed by atoms with E-state index in [9.17, 15) is 10.1 Å². The van der Waals surface area contributed by atoms with Crippen LogP contribution in [0.5, 0.6) is 0 Å². The van der Waals surface area contributed by atoms with Gasteiger partial charge >= 0.3 is 0 Å². The fraction of sp³-hybridized carbons (Fsp3) is 0.333.